The van der Waals surface area contributed by atoms with Crippen LogP contribution in [0.1, 0.15) is 33.3 Å². The van der Waals surface area contributed by atoms with Crippen LogP contribution in [0.3, 0.4) is 0 Å². The van der Waals surface area contributed by atoms with Crippen molar-refractivity contribution in [2.45, 2.75) is 46.1 Å². The van der Waals surface area contributed by atoms with Gasteiger partial charge in [0.25, 0.3) is 5.56 Å². The standard InChI is InChI=1S/C22H26BrN2O4P/c1-14(2)28-30(27,29-15(3)4)13-16-6-8-17(9-7-16)21-24-20-11-10-18(23)12-19(20)22(26)25(21)5/h6-12,14-15H,13H2,1-5H3. The lowest BCUT2D eigenvalue weighted by Crippen LogP contribution is -2.20. The quantitative estimate of drug-likeness (QED) is 0.383. The monoisotopic (exact) mass is 492 g/mol. The third kappa shape index (κ3) is 5.27. The molecule has 0 unspecified atom stereocenters. The van der Waals surface area contributed by atoms with Gasteiger partial charge in [0.2, 0.25) is 0 Å². The molecule has 0 amide bonds. The van der Waals surface area contributed by atoms with Crippen molar-refractivity contribution in [1.29, 1.82) is 0 Å². The van der Waals surface area contributed by atoms with Crippen molar-refractivity contribution in [1.82, 2.24) is 9.55 Å². The molecule has 0 bridgehead atoms. The van der Waals surface area contributed by atoms with E-state index in [1.165, 1.54) is 0 Å². The maximum Gasteiger partial charge on any atom is 0.335 e. The molecule has 30 heavy (non-hydrogen) atoms. The van der Waals surface area contributed by atoms with Crippen molar-refractivity contribution in [2.24, 2.45) is 7.05 Å². The zero-order chi connectivity index (χ0) is 22.1. The number of aromatic nitrogens is 2. The average molecular weight is 493 g/mol. The van der Waals surface area contributed by atoms with Gasteiger partial charge in [0.15, 0.2) is 0 Å². The van der Waals surface area contributed by atoms with Gasteiger partial charge in [0.1, 0.15) is 5.82 Å². The topological polar surface area (TPSA) is 70.4 Å². The Morgan fingerprint density at radius 2 is 1.63 bits per heavy atom. The summed E-state index contributed by atoms with van der Waals surface area (Å²) in [6.45, 7) is 7.35. The minimum Gasteiger partial charge on any atom is -0.306 e. The first kappa shape index (κ1) is 22.9. The Balaban J connectivity index is 1.94. The Labute approximate surface area is 184 Å². The largest absolute Gasteiger partial charge is 0.335 e. The van der Waals surface area contributed by atoms with Gasteiger partial charge in [-0.3, -0.25) is 13.9 Å². The minimum absolute atomic E-state index is 0.111. The van der Waals surface area contributed by atoms with E-state index in [0.717, 1.165) is 15.6 Å². The number of hydrogen-bond donors (Lipinski definition) is 0. The molecule has 0 saturated carbocycles. The van der Waals surface area contributed by atoms with Gasteiger partial charge in [0.05, 0.1) is 29.3 Å². The van der Waals surface area contributed by atoms with Gasteiger partial charge in [-0.25, -0.2) is 4.98 Å². The van der Waals surface area contributed by atoms with Gasteiger partial charge >= 0.3 is 7.60 Å². The Bertz CT molecular complexity index is 1140. The van der Waals surface area contributed by atoms with Crippen molar-refractivity contribution in [2.75, 3.05) is 0 Å². The smallest absolute Gasteiger partial charge is 0.306 e. The number of fused-ring (bicyclic) bond motifs is 1. The van der Waals surface area contributed by atoms with Crippen LogP contribution in [0.2, 0.25) is 0 Å². The first-order valence-corrected chi connectivity index (χ1v) is 12.3. The van der Waals surface area contributed by atoms with E-state index < -0.39 is 7.60 Å². The number of halogens is 1. The summed E-state index contributed by atoms with van der Waals surface area (Å²) >= 11 is 3.40. The zero-order valence-corrected chi connectivity index (χ0v) is 20.2. The van der Waals surface area contributed by atoms with E-state index >= 15 is 0 Å². The fourth-order valence-corrected chi connectivity index (χ4v) is 5.73. The van der Waals surface area contributed by atoms with Crippen molar-refractivity contribution in [3.05, 3.63) is 62.9 Å². The maximum atomic E-state index is 13.1. The van der Waals surface area contributed by atoms with Crippen molar-refractivity contribution < 1.29 is 13.6 Å². The van der Waals surface area contributed by atoms with E-state index in [4.69, 9.17) is 9.05 Å². The molecule has 3 aromatic rings. The molecule has 6 nitrogen and oxygen atoms in total. The summed E-state index contributed by atoms with van der Waals surface area (Å²) in [5, 5.41) is 0.560. The summed E-state index contributed by atoms with van der Waals surface area (Å²) in [6.07, 6.45) is -0.225. The molecule has 0 N–H and O–H groups in total. The molecule has 0 spiro atoms. The third-order valence-corrected chi connectivity index (χ3v) is 7.10. The molecule has 0 aliphatic carbocycles. The molecular formula is C22H26BrN2O4P. The molecule has 3 rings (SSSR count). The lowest BCUT2D eigenvalue weighted by Gasteiger charge is -2.23. The van der Waals surface area contributed by atoms with E-state index in [-0.39, 0.29) is 23.9 Å². The lowest BCUT2D eigenvalue weighted by molar-refractivity contribution is 0.141. The molecule has 0 saturated heterocycles. The highest BCUT2D eigenvalue weighted by Gasteiger charge is 2.28. The highest BCUT2D eigenvalue weighted by atomic mass is 79.9. The first-order chi connectivity index (χ1) is 14.1. The van der Waals surface area contributed by atoms with Crippen LogP contribution in [0.5, 0.6) is 0 Å². The van der Waals surface area contributed by atoms with E-state index in [1.807, 2.05) is 64.1 Å². The van der Waals surface area contributed by atoms with Crippen LogP contribution >= 0.6 is 23.5 Å². The predicted octanol–water partition coefficient (Wildman–Crippen LogP) is 5.91. The van der Waals surface area contributed by atoms with Gasteiger partial charge in [0, 0.05) is 17.1 Å². The Morgan fingerprint density at radius 1 is 1.03 bits per heavy atom. The van der Waals surface area contributed by atoms with Crippen LogP contribution < -0.4 is 5.56 Å². The summed E-state index contributed by atoms with van der Waals surface area (Å²) in [4.78, 5) is 17.4. The van der Waals surface area contributed by atoms with Gasteiger partial charge < -0.3 is 9.05 Å². The Morgan fingerprint density at radius 3 is 2.20 bits per heavy atom. The van der Waals surface area contributed by atoms with E-state index in [9.17, 15) is 9.36 Å². The molecule has 0 aliphatic rings. The molecule has 0 radical (unpaired) electrons. The van der Waals surface area contributed by atoms with Gasteiger partial charge in [-0.05, 0) is 51.5 Å². The molecule has 1 heterocycles. The molecule has 0 fully saturated rings. The minimum atomic E-state index is -3.27. The number of nitrogens with zero attached hydrogens (tertiary/aromatic N) is 2. The van der Waals surface area contributed by atoms with Crippen LogP contribution in [0.15, 0.2) is 51.7 Å². The van der Waals surface area contributed by atoms with Crippen molar-refractivity contribution >= 4 is 34.4 Å². The first-order valence-electron chi connectivity index (χ1n) is 9.79. The average Bonchev–Trinajstić information content (AvgIpc) is 2.64. The predicted molar refractivity (Wildman–Crippen MR) is 124 cm³/mol. The van der Waals surface area contributed by atoms with Crippen LogP contribution in [0, 0.1) is 0 Å². The van der Waals surface area contributed by atoms with Gasteiger partial charge in [-0.1, -0.05) is 40.2 Å². The van der Waals surface area contributed by atoms with Crippen molar-refractivity contribution in [3.63, 3.8) is 0 Å². The SMILES string of the molecule is CC(C)OP(=O)(Cc1ccc(-c2nc3ccc(Br)cc3c(=O)n2C)cc1)OC(C)C. The van der Waals surface area contributed by atoms with Crippen LogP contribution in [0.25, 0.3) is 22.3 Å². The van der Waals surface area contributed by atoms with Crippen molar-refractivity contribution in [3.8, 4) is 11.4 Å². The van der Waals surface area contributed by atoms with Crippen LogP contribution in [-0.4, -0.2) is 21.8 Å². The summed E-state index contributed by atoms with van der Waals surface area (Å²) in [5.41, 5.74) is 2.16. The second kappa shape index (κ2) is 9.15. The molecular weight excluding hydrogens is 467 g/mol. The summed E-state index contributed by atoms with van der Waals surface area (Å²) < 4.78 is 26.8. The second-order valence-electron chi connectivity index (χ2n) is 7.74. The normalized spacial score (nSPS) is 12.3. The van der Waals surface area contributed by atoms with Gasteiger partial charge in [-0.15, -0.1) is 0 Å². The molecule has 0 aliphatic heterocycles. The molecule has 8 heteroatoms. The fraction of sp³-hybridized carbons (Fsp3) is 0.364. The lowest BCUT2D eigenvalue weighted by atomic mass is 10.1. The zero-order valence-electron chi connectivity index (χ0n) is 17.8. The fourth-order valence-electron chi connectivity index (χ4n) is 3.23. The Kier molecular flexibility index (Phi) is 6.98. The maximum absolute atomic E-state index is 13.1. The summed E-state index contributed by atoms with van der Waals surface area (Å²) in [5.74, 6) is 0.571. The highest BCUT2D eigenvalue weighted by molar-refractivity contribution is 9.10. The Hall–Kier alpha value is -1.79. The molecule has 160 valence electrons. The number of hydrogen-bond acceptors (Lipinski definition) is 5. The van der Waals surface area contributed by atoms with Crippen LogP contribution in [-0.2, 0) is 26.8 Å². The molecule has 1 aromatic heterocycles. The molecule has 2 aromatic carbocycles. The summed E-state index contributed by atoms with van der Waals surface area (Å²) in [6, 6.07) is 12.9. The third-order valence-electron chi connectivity index (χ3n) is 4.37. The van der Waals surface area contributed by atoms with Gasteiger partial charge in [-0.2, -0.15) is 0 Å². The number of benzene rings is 2. The molecule has 0 atom stereocenters. The summed E-state index contributed by atoms with van der Waals surface area (Å²) in [7, 11) is -1.56. The number of rotatable bonds is 7. The van der Waals surface area contributed by atoms with E-state index in [0.29, 0.717) is 16.7 Å². The van der Waals surface area contributed by atoms with E-state index in [1.54, 1.807) is 17.7 Å². The van der Waals surface area contributed by atoms with E-state index in [2.05, 4.69) is 20.9 Å². The highest BCUT2D eigenvalue weighted by Crippen LogP contribution is 2.53. The van der Waals surface area contributed by atoms with Crippen LogP contribution in [0.4, 0.5) is 0 Å². The second-order valence-corrected chi connectivity index (χ2v) is 10.6.